The fourth-order valence-corrected chi connectivity index (χ4v) is 3.61. The van der Waals surface area contributed by atoms with Crippen molar-refractivity contribution in [1.29, 1.82) is 0 Å². The van der Waals surface area contributed by atoms with Gasteiger partial charge in [0.05, 0.1) is 12.7 Å². The number of guanidine groups is 1. The molecule has 25 heavy (non-hydrogen) atoms. The summed E-state index contributed by atoms with van der Waals surface area (Å²) < 4.78 is 11.7. The number of halogens is 1. The molecule has 2 aliphatic heterocycles. The van der Waals surface area contributed by atoms with Gasteiger partial charge in [0.1, 0.15) is 6.10 Å². The van der Waals surface area contributed by atoms with E-state index in [2.05, 4.69) is 23.2 Å². The normalized spacial score (nSPS) is 24.6. The molecule has 138 valence electrons. The van der Waals surface area contributed by atoms with E-state index in [1.54, 1.807) is 0 Å². The van der Waals surface area contributed by atoms with Gasteiger partial charge in [-0.05, 0) is 43.9 Å². The molecule has 1 aromatic rings. The van der Waals surface area contributed by atoms with Gasteiger partial charge in [-0.2, -0.15) is 0 Å². The average molecular weight is 366 g/mol. The minimum Gasteiger partial charge on any atom is -0.375 e. The lowest BCUT2D eigenvalue weighted by Gasteiger charge is -2.37. The lowest BCUT2D eigenvalue weighted by atomic mass is 10.1. The van der Waals surface area contributed by atoms with E-state index in [0.29, 0.717) is 0 Å². The fourth-order valence-electron chi connectivity index (χ4n) is 3.40. The molecule has 3 rings (SSSR count). The molecular formula is C19H28ClN3O2. The maximum Gasteiger partial charge on any atom is 0.194 e. The van der Waals surface area contributed by atoms with Crippen LogP contribution in [0.2, 0.25) is 5.02 Å². The highest BCUT2D eigenvalue weighted by atomic mass is 35.5. The van der Waals surface area contributed by atoms with Gasteiger partial charge in [0.25, 0.3) is 0 Å². The number of hydrogen-bond acceptors (Lipinski definition) is 3. The largest absolute Gasteiger partial charge is 0.375 e. The highest BCUT2D eigenvalue weighted by molar-refractivity contribution is 6.30. The number of nitrogens with zero attached hydrogens (tertiary/aromatic N) is 2. The van der Waals surface area contributed by atoms with Crippen LogP contribution in [0.15, 0.2) is 29.3 Å². The van der Waals surface area contributed by atoms with Crippen LogP contribution in [0, 0.1) is 0 Å². The molecule has 2 aliphatic rings. The molecule has 0 aliphatic carbocycles. The minimum absolute atomic E-state index is 0.146. The number of nitrogens with one attached hydrogen (secondary N) is 1. The van der Waals surface area contributed by atoms with E-state index in [0.717, 1.165) is 69.6 Å². The number of ether oxygens (including phenoxy) is 2. The van der Waals surface area contributed by atoms with Crippen molar-refractivity contribution in [2.45, 2.75) is 38.4 Å². The number of rotatable bonds is 5. The fraction of sp³-hybridized carbons (Fsp3) is 0.632. The third-order valence-corrected chi connectivity index (χ3v) is 4.89. The molecule has 0 radical (unpaired) electrons. The summed E-state index contributed by atoms with van der Waals surface area (Å²) in [6.07, 6.45) is 3.50. The van der Waals surface area contributed by atoms with Gasteiger partial charge in [-0.15, -0.1) is 0 Å². The van der Waals surface area contributed by atoms with Crippen LogP contribution in [0.25, 0.3) is 0 Å². The Morgan fingerprint density at radius 1 is 1.32 bits per heavy atom. The third kappa shape index (κ3) is 5.33. The molecule has 2 saturated heterocycles. The molecular weight excluding hydrogens is 338 g/mol. The Bertz CT molecular complexity index is 576. The quantitative estimate of drug-likeness (QED) is 0.643. The van der Waals surface area contributed by atoms with Crippen LogP contribution in [-0.4, -0.2) is 62.5 Å². The summed E-state index contributed by atoms with van der Waals surface area (Å²) in [4.78, 5) is 7.12. The first-order valence-electron chi connectivity index (χ1n) is 9.27. The predicted molar refractivity (Wildman–Crippen MR) is 101 cm³/mol. The van der Waals surface area contributed by atoms with Gasteiger partial charge in [0.15, 0.2) is 5.96 Å². The predicted octanol–water partition coefficient (Wildman–Crippen LogP) is 2.73. The second-order valence-corrected chi connectivity index (χ2v) is 6.96. The van der Waals surface area contributed by atoms with Crippen molar-refractivity contribution in [2.75, 3.05) is 39.4 Å². The average Bonchev–Trinajstić information content (AvgIpc) is 3.16. The molecule has 2 fully saturated rings. The maximum absolute atomic E-state index is 6.05. The van der Waals surface area contributed by atoms with Gasteiger partial charge < -0.3 is 19.7 Å². The van der Waals surface area contributed by atoms with Gasteiger partial charge in [0.2, 0.25) is 0 Å². The van der Waals surface area contributed by atoms with Gasteiger partial charge in [-0.25, -0.2) is 0 Å². The smallest absolute Gasteiger partial charge is 0.194 e. The van der Waals surface area contributed by atoms with Crippen LogP contribution in [0.3, 0.4) is 0 Å². The van der Waals surface area contributed by atoms with Crippen LogP contribution in [0.5, 0.6) is 0 Å². The Kier molecular flexibility index (Phi) is 6.96. The van der Waals surface area contributed by atoms with Crippen molar-refractivity contribution in [3.05, 3.63) is 34.9 Å². The van der Waals surface area contributed by atoms with Crippen LogP contribution in [0.4, 0.5) is 0 Å². The zero-order chi connectivity index (χ0) is 17.5. The first kappa shape index (κ1) is 18.5. The first-order chi connectivity index (χ1) is 12.3. The van der Waals surface area contributed by atoms with Crippen LogP contribution < -0.4 is 5.32 Å². The lowest BCUT2D eigenvalue weighted by molar-refractivity contribution is -0.0817. The summed E-state index contributed by atoms with van der Waals surface area (Å²) in [5.74, 6) is 0.968. The monoisotopic (exact) mass is 365 g/mol. The Morgan fingerprint density at radius 3 is 2.96 bits per heavy atom. The Hall–Kier alpha value is -1.30. The first-order valence-corrected chi connectivity index (χ1v) is 9.65. The molecule has 1 N–H and O–H groups in total. The highest BCUT2D eigenvalue weighted by Crippen LogP contribution is 2.21. The van der Waals surface area contributed by atoms with Crippen molar-refractivity contribution in [1.82, 2.24) is 10.2 Å². The molecule has 0 bridgehead atoms. The maximum atomic E-state index is 6.05. The van der Waals surface area contributed by atoms with Crippen molar-refractivity contribution in [2.24, 2.45) is 4.99 Å². The topological polar surface area (TPSA) is 46.1 Å². The zero-order valence-corrected chi connectivity index (χ0v) is 15.7. The van der Waals surface area contributed by atoms with E-state index in [-0.39, 0.29) is 12.2 Å². The lowest BCUT2D eigenvalue weighted by Crippen LogP contribution is -2.53. The minimum atomic E-state index is 0.146. The van der Waals surface area contributed by atoms with E-state index in [1.165, 1.54) is 5.56 Å². The van der Waals surface area contributed by atoms with Gasteiger partial charge in [-0.1, -0.05) is 23.7 Å². The second-order valence-electron chi connectivity index (χ2n) is 6.52. The Morgan fingerprint density at radius 2 is 2.20 bits per heavy atom. The summed E-state index contributed by atoms with van der Waals surface area (Å²) in [6.45, 7) is 6.99. The van der Waals surface area contributed by atoms with Gasteiger partial charge in [-0.3, -0.25) is 4.99 Å². The van der Waals surface area contributed by atoms with Crippen LogP contribution in [0.1, 0.15) is 25.3 Å². The van der Waals surface area contributed by atoms with Crippen molar-refractivity contribution >= 4 is 17.6 Å². The van der Waals surface area contributed by atoms with E-state index in [1.807, 2.05) is 18.2 Å². The number of benzene rings is 1. The molecule has 0 spiro atoms. The van der Waals surface area contributed by atoms with Crippen molar-refractivity contribution in [3.8, 4) is 0 Å². The summed E-state index contributed by atoms with van der Waals surface area (Å²) >= 11 is 6.05. The summed E-state index contributed by atoms with van der Waals surface area (Å²) in [7, 11) is 0. The molecule has 2 heterocycles. The SMILES string of the molecule is CCNC(=NCCc1cccc(Cl)c1)N1CCOC(C2CCCO2)C1. The van der Waals surface area contributed by atoms with Crippen LogP contribution >= 0.6 is 11.6 Å². The Balaban J connectivity index is 1.58. The van der Waals surface area contributed by atoms with Crippen molar-refractivity contribution < 1.29 is 9.47 Å². The summed E-state index contributed by atoms with van der Waals surface area (Å²) in [5.41, 5.74) is 1.21. The van der Waals surface area contributed by atoms with Gasteiger partial charge in [0, 0.05) is 37.8 Å². The molecule has 1 aromatic carbocycles. The molecule has 0 aromatic heterocycles. The summed E-state index contributed by atoms with van der Waals surface area (Å²) in [5, 5.41) is 4.19. The number of morpholine rings is 1. The summed E-state index contributed by atoms with van der Waals surface area (Å²) in [6, 6.07) is 7.99. The van der Waals surface area contributed by atoms with E-state index >= 15 is 0 Å². The number of hydrogen-bond donors (Lipinski definition) is 1. The van der Waals surface area contributed by atoms with E-state index < -0.39 is 0 Å². The molecule has 2 atom stereocenters. The number of aliphatic imine (C=N–C) groups is 1. The second kappa shape index (κ2) is 9.41. The van der Waals surface area contributed by atoms with Crippen LogP contribution in [-0.2, 0) is 15.9 Å². The molecule has 6 heteroatoms. The van der Waals surface area contributed by atoms with E-state index in [4.69, 9.17) is 26.1 Å². The molecule has 2 unspecified atom stereocenters. The zero-order valence-electron chi connectivity index (χ0n) is 14.9. The third-order valence-electron chi connectivity index (χ3n) is 4.66. The Labute approximate surface area is 155 Å². The van der Waals surface area contributed by atoms with Gasteiger partial charge >= 0.3 is 0 Å². The van der Waals surface area contributed by atoms with E-state index in [9.17, 15) is 0 Å². The molecule has 0 saturated carbocycles. The molecule has 5 nitrogen and oxygen atoms in total. The molecule has 0 amide bonds. The van der Waals surface area contributed by atoms with Crippen molar-refractivity contribution in [3.63, 3.8) is 0 Å². The standard InChI is InChI=1S/C19H28ClN3O2/c1-2-21-19(22-9-8-15-5-3-6-16(20)13-15)23-10-12-25-18(14-23)17-7-4-11-24-17/h3,5-6,13,17-18H,2,4,7-12,14H2,1H3,(H,21,22). The highest BCUT2D eigenvalue weighted by Gasteiger charge is 2.32.